The van der Waals surface area contributed by atoms with Gasteiger partial charge in [-0.2, -0.15) is 0 Å². The molecule has 0 aliphatic heterocycles. The van der Waals surface area contributed by atoms with Crippen molar-refractivity contribution in [3.8, 4) is 0 Å². The lowest BCUT2D eigenvalue weighted by Gasteiger charge is -2.02. The van der Waals surface area contributed by atoms with Gasteiger partial charge in [-0.05, 0) is 18.9 Å². The molecule has 1 aromatic rings. The molecule has 1 rings (SSSR count). The van der Waals surface area contributed by atoms with Crippen LogP contribution in [0.5, 0.6) is 0 Å². The maximum absolute atomic E-state index is 11.3. The van der Waals surface area contributed by atoms with Gasteiger partial charge in [0.15, 0.2) is 0 Å². The summed E-state index contributed by atoms with van der Waals surface area (Å²) in [6.45, 7) is 4.27. The molecule has 0 heterocycles. The molecule has 0 amide bonds. The Bertz CT molecular complexity index is 339. The van der Waals surface area contributed by atoms with Crippen LogP contribution in [0.4, 0.5) is 0 Å². The van der Waals surface area contributed by atoms with Crippen molar-refractivity contribution >= 4 is 5.97 Å². The van der Waals surface area contributed by atoms with Gasteiger partial charge in [-0.25, -0.2) is 4.79 Å². The van der Waals surface area contributed by atoms with Crippen molar-refractivity contribution in [2.24, 2.45) is 0 Å². The molecular formula is C13H16O2. The third-order valence-electron chi connectivity index (χ3n) is 2.15. The number of esters is 1. The molecule has 2 heteroatoms. The Kier molecular flexibility index (Phi) is 4.61. The number of hydrogen-bond donors (Lipinski definition) is 0. The van der Waals surface area contributed by atoms with E-state index >= 15 is 0 Å². The van der Waals surface area contributed by atoms with Gasteiger partial charge < -0.3 is 4.74 Å². The topological polar surface area (TPSA) is 26.3 Å². The molecule has 0 aliphatic carbocycles. The van der Waals surface area contributed by atoms with Crippen LogP contribution in [0.25, 0.3) is 0 Å². The molecule has 0 aromatic heterocycles. The van der Waals surface area contributed by atoms with E-state index in [1.165, 1.54) is 0 Å². The van der Waals surface area contributed by atoms with E-state index < -0.39 is 0 Å². The van der Waals surface area contributed by atoms with Crippen LogP contribution in [0.3, 0.4) is 0 Å². The van der Waals surface area contributed by atoms with Crippen molar-refractivity contribution in [2.45, 2.75) is 26.9 Å². The third kappa shape index (κ3) is 4.45. The summed E-state index contributed by atoms with van der Waals surface area (Å²) in [6, 6.07) is 9.66. The van der Waals surface area contributed by atoms with E-state index in [0.717, 1.165) is 17.6 Å². The normalized spacial score (nSPS) is 11.2. The Hall–Kier alpha value is -1.57. The number of carbonyl (C=O) groups excluding carboxylic acids is 1. The lowest BCUT2D eigenvalue weighted by atomic mass is 10.2. The van der Waals surface area contributed by atoms with Crippen LogP contribution in [-0.2, 0) is 16.1 Å². The molecule has 0 unspecified atom stereocenters. The maximum atomic E-state index is 11.3. The highest BCUT2D eigenvalue weighted by Gasteiger charge is 1.99. The van der Waals surface area contributed by atoms with Gasteiger partial charge in [0.25, 0.3) is 0 Å². The Labute approximate surface area is 90.6 Å². The number of allylic oxidation sites excluding steroid dienone is 1. The summed E-state index contributed by atoms with van der Waals surface area (Å²) >= 11 is 0. The van der Waals surface area contributed by atoms with Crippen LogP contribution in [-0.4, -0.2) is 5.97 Å². The molecule has 0 aliphatic rings. The van der Waals surface area contributed by atoms with E-state index in [4.69, 9.17) is 4.74 Å². The Morgan fingerprint density at radius 3 is 2.60 bits per heavy atom. The number of hydrogen-bond acceptors (Lipinski definition) is 2. The minimum absolute atomic E-state index is 0.266. The number of ether oxygens (including phenoxy) is 1. The first-order valence-electron chi connectivity index (χ1n) is 5.10. The highest BCUT2D eigenvalue weighted by atomic mass is 16.5. The second kappa shape index (κ2) is 6.02. The molecule has 1 aromatic carbocycles. The fraction of sp³-hybridized carbons (Fsp3) is 0.308. The smallest absolute Gasteiger partial charge is 0.331 e. The fourth-order valence-corrected chi connectivity index (χ4v) is 1.07. The van der Waals surface area contributed by atoms with Crippen LogP contribution >= 0.6 is 0 Å². The second-order valence-electron chi connectivity index (χ2n) is 3.44. The predicted molar refractivity (Wildman–Crippen MR) is 60.3 cm³/mol. The second-order valence-corrected chi connectivity index (χ2v) is 3.44. The lowest BCUT2D eigenvalue weighted by Crippen LogP contribution is -2.01. The third-order valence-corrected chi connectivity index (χ3v) is 2.15. The average molecular weight is 204 g/mol. The van der Waals surface area contributed by atoms with Crippen LogP contribution in [0.15, 0.2) is 42.0 Å². The van der Waals surface area contributed by atoms with Crippen molar-refractivity contribution in [1.82, 2.24) is 0 Å². The molecule has 0 N–H and O–H groups in total. The van der Waals surface area contributed by atoms with Crippen molar-refractivity contribution in [1.29, 1.82) is 0 Å². The predicted octanol–water partition coefficient (Wildman–Crippen LogP) is 3.09. The van der Waals surface area contributed by atoms with E-state index in [2.05, 4.69) is 0 Å². The van der Waals surface area contributed by atoms with E-state index in [9.17, 15) is 4.79 Å². The zero-order valence-electron chi connectivity index (χ0n) is 9.19. The summed E-state index contributed by atoms with van der Waals surface area (Å²) < 4.78 is 5.09. The van der Waals surface area contributed by atoms with Gasteiger partial charge in [-0.3, -0.25) is 0 Å². The van der Waals surface area contributed by atoms with Gasteiger partial charge in [-0.15, -0.1) is 0 Å². The lowest BCUT2D eigenvalue weighted by molar-refractivity contribution is -0.139. The van der Waals surface area contributed by atoms with Gasteiger partial charge in [0.05, 0.1) is 0 Å². The standard InChI is InChI=1S/C13H16O2/c1-3-11(2)9-13(14)15-10-12-7-5-4-6-8-12/h4-9H,3,10H2,1-2H3/b11-9+. The van der Waals surface area contributed by atoms with E-state index in [1.54, 1.807) is 6.08 Å². The number of rotatable bonds is 4. The first-order valence-corrected chi connectivity index (χ1v) is 5.10. The van der Waals surface area contributed by atoms with Gasteiger partial charge in [0.2, 0.25) is 0 Å². The molecular weight excluding hydrogens is 188 g/mol. The number of benzene rings is 1. The van der Waals surface area contributed by atoms with Crippen LogP contribution in [0.1, 0.15) is 25.8 Å². The SMILES string of the molecule is CC/C(C)=C/C(=O)OCc1ccccc1. The Morgan fingerprint density at radius 2 is 2.00 bits per heavy atom. The first-order chi connectivity index (χ1) is 7.22. The highest BCUT2D eigenvalue weighted by Crippen LogP contribution is 2.03. The van der Waals surface area contributed by atoms with Crippen molar-refractivity contribution in [2.75, 3.05) is 0 Å². The molecule has 0 fully saturated rings. The molecule has 80 valence electrons. The monoisotopic (exact) mass is 204 g/mol. The average Bonchev–Trinajstić information content (AvgIpc) is 2.27. The minimum atomic E-state index is -0.266. The summed E-state index contributed by atoms with van der Waals surface area (Å²) in [5.74, 6) is -0.266. The van der Waals surface area contributed by atoms with Gasteiger partial charge >= 0.3 is 5.97 Å². The highest BCUT2D eigenvalue weighted by molar-refractivity contribution is 5.82. The molecule has 2 nitrogen and oxygen atoms in total. The van der Waals surface area contributed by atoms with Gasteiger partial charge in [0, 0.05) is 6.08 Å². The molecule has 0 spiro atoms. The van der Waals surface area contributed by atoms with Gasteiger partial charge in [0.1, 0.15) is 6.61 Å². The van der Waals surface area contributed by atoms with Crippen LogP contribution in [0, 0.1) is 0 Å². The van der Waals surface area contributed by atoms with Crippen molar-refractivity contribution in [3.05, 3.63) is 47.5 Å². The van der Waals surface area contributed by atoms with Crippen LogP contribution < -0.4 is 0 Å². The fourth-order valence-electron chi connectivity index (χ4n) is 1.07. The summed E-state index contributed by atoms with van der Waals surface area (Å²) in [6.07, 6.45) is 2.42. The molecule has 0 saturated carbocycles. The summed E-state index contributed by atoms with van der Waals surface area (Å²) in [7, 11) is 0. The molecule has 0 atom stereocenters. The summed E-state index contributed by atoms with van der Waals surface area (Å²) in [4.78, 5) is 11.3. The Morgan fingerprint density at radius 1 is 1.33 bits per heavy atom. The quantitative estimate of drug-likeness (QED) is 0.556. The largest absolute Gasteiger partial charge is 0.458 e. The van der Waals surface area contributed by atoms with E-state index in [0.29, 0.717) is 6.61 Å². The zero-order chi connectivity index (χ0) is 11.1. The molecule has 0 saturated heterocycles. The first kappa shape index (κ1) is 11.5. The van der Waals surface area contributed by atoms with E-state index in [-0.39, 0.29) is 5.97 Å². The molecule has 0 radical (unpaired) electrons. The van der Waals surface area contributed by atoms with Crippen LogP contribution in [0.2, 0.25) is 0 Å². The summed E-state index contributed by atoms with van der Waals surface area (Å²) in [5, 5.41) is 0. The Balaban J connectivity index is 2.41. The van der Waals surface area contributed by atoms with Crippen molar-refractivity contribution < 1.29 is 9.53 Å². The number of carbonyl (C=O) groups is 1. The minimum Gasteiger partial charge on any atom is -0.458 e. The van der Waals surface area contributed by atoms with Crippen molar-refractivity contribution in [3.63, 3.8) is 0 Å². The zero-order valence-corrected chi connectivity index (χ0v) is 9.19. The van der Waals surface area contributed by atoms with E-state index in [1.807, 2.05) is 44.2 Å². The molecule has 0 bridgehead atoms. The maximum Gasteiger partial charge on any atom is 0.331 e. The summed E-state index contributed by atoms with van der Waals surface area (Å²) in [5.41, 5.74) is 2.04. The van der Waals surface area contributed by atoms with Gasteiger partial charge in [-0.1, -0.05) is 42.8 Å². The molecule has 15 heavy (non-hydrogen) atoms.